The summed E-state index contributed by atoms with van der Waals surface area (Å²) in [6.07, 6.45) is 4.44. The van der Waals surface area contributed by atoms with Gasteiger partial charge in [0.1, 0.15) is 0 Å². The van der Waals surface area contributed by atoms with E-state index in [2.05, 4.69) is 59.2 Å². The first-order valence-corrected chi connectivity index (χ1v) is 9.77. The Morgan fingerprint density at radius 3 is 1.85 bits per heavy atom. The van der Waals surface area contributed by atoms with Crippen LogP contribution in [-0.2, 0) is 5.41 Å². The van der Waals surface area contributed by atoms with Gasteiger partial charge in [0, 0.05) is 0 Å². The molecule has 144 valence electrons. The van der Waals surface area contributed by atoms with Crippen LogP contribution in [0.1, 0.15) is 42.7 Å². The number of hydrogen-bond acceptors (Lipinski definition) is 3. The van der Waals surface area contributed by atoms with Gasteiger partial charge in [0.15, 0.2) is 0 Å². The van der Waals surface area contributed by atoms with Gasteiger partial charge < -0.3 is 10.6 Å². The molecule has 2 aliphatic rings. The van der Waals surface area contributed by atoms with Crippen LogP contribution in [0.15, 0.2) is 60.7 Å². The lowest BCUT2D eigenvalue weighted by Crippen LogP contribution is -2.38. The molecule has 4 heteroatoms. The minimum absolute atomic E-state index is 0. The van der Waals surface area contributed by atoms with Crippen molar-refractivity contribution in [3.63, 3.8) is 0 Å². The summed E-state index contributed by atoms with van der Waals surface area (Å²) >= 11 is 0. The maximum atomic E-state index is 9.32. The molecule has 0 amide bonds. The third-order valence-corrected chi connectivity index (χ3v) is 5.61. The van der Waals surface area contributed by atoms with Crippen LogP contribution in [0, 0.1) is 11.3 Å². The molecule has 0 radical (unpaired) electrons. The van der Waals surface area contributed by atoms with E-state index in [1.54, 1.807) is 0 Å². The summed E-state index contributed by atoms with van der Waals surface area (Å²) in [6.45, 7) is 4.25. The second-order valence-electron chi connectivity index (χ2n) is 7.24. The molecule has 0 saturated carbocycles. The second kappa shape index (κ2) is 11.1. The summed E-state index contributed by atoms with van der Waals surface area (Å²) in [5, 5.41) is 16.0. The minimum atomic E-state index is -0.244. The molecule has 2 heterocycles. The number of nitrogens with zero attached hydrogens (tertiary/aromatic N) is 1. The Balaban J connectivity index is 0.000000189. The average molecular weight is 384 g/mol. The molecule has 2 aromatic rings. The summed E-state index contributed by atoms with van der Waals surface area (Å²) < 4.78 is 0. The van der Waals surface area contributed by atoms with E-state index in [-0.39, 0.29) is 17.8 Å². The Bertz CT molecular complexity index is 685. The molecule has 2 fully saturated rings. The first-order chi connectivity index (χ1) is 12.8. The van der Waals surface area contributed by atoms with Crippen LogP contribution in [0.2, 0.25) is 0 Å². The zero-order valence-electron chi connectivity index (χ0n) is 15.9. The van der Waals surface area contributed by atoms with E-state index in [1.807, 2.05) is 18.2 Å². The fourth-order valence-corrected chi connectivity index (χ4v) is 3.96. The van der Waals surface area contributed by atoms with Crippen molar-refractivity contribution in [1.29, 1.82) is 5.26 Å². The van der Waals surface area contributed by atoms with Gasteiger partial charge in [-0.05, 0) is 68.9 Å². The van der Waals surface area contributed by atoms with E-state index in [0.29, 0.717) is 0 Å². The van der Waals surface area contributed by atoms with Gasteiger partial charge in [-0.15, -0.1) is 12.4 Å². The number of nitrogens with one attached hydrogen (secondary N) is 2. The van der Waals surface area contributed by atoms with Gasteiger partial charge in [0.05, 0.1) is 11.5 Å². The first-order valence-electron chi connectivity index (χ1n) is 9.77. The molecule has 0 bridgehead atoms. The van der Waals surface area contributed by atoms with Crippen LogP contribution < -0.4 is 10.6 Å². The summed E-state index contributed by atoms with van der Waals surface area (Å²) in [7, 11) is 0. The summed E-state index contributed by atoms with van der Waals surface area (Å²) in [4.78, 5) is 0. The average Bonchev–Trinajstić information content (AvgIpc) is 2.76. The van der Waals surface area contributed by atoms with E-state index < -0.39 is 0 Å². The molecule has 3 nitrogen and oxygen atoms in total. The maximum absolute atomic E-state index is 9.32. The highest BCUT2D eigenvalue weighted by Gasteiger charge is 2.33. The standard InChI is InChI=1S/C12H14N2.C11H15N.ClH/c13-10-12(6-8-14-9-7-12)11-4-2-1-3-5-11;1-2-4-10(5-3-1)11-6-8-12-9-7-11;/h1-5,14H,6-9H2;1-5,11-12H,6-9H2;1H. The molecule has 0 aromatic heterocycles. The van der Waals surface area contributed by atoms with Crippen molar-refractivity contribution >= 4 is 12.4 Å². The summed E-state index contributed by atoms with van der Waals surface area (Å²) in [5.41, 5.74) is 2.44. The Morgan fingerprint density at radius 2 is 1.30 bits per heavy atom. The van der Waals surface area contributed by atoms with E-state index >= 15 is 0 Å². The van der Waals surface area contributed by atoms with Gasteiger partial charge >= 0.3 is 0 Å². The number of nitriles is 1. The normalized spacial score (nSPS) is 18.9. The predicted molar refractivity (Wildman–Crippen MR) is 114 cm³/mol. The molecular formula is C23H30ClN3. The molecule has 2 aliphatic heterocycles. The zero-order valence-corrected chi connectivity index (χ0v) is 16.7. The number of benzene rings is 2. The van der Waals surface area contributed by atoms with Gasteiger partial charge in [-0.3, -0.25) is 0 Å². The van der Waals surface area contributed by atoms with Gasteiger partial charge in [-0.2, -0.15) is 5.26 Å². The molecule has 0 spiro atoms. The van der Waals surface area contributed by atoms with E-state index in [0.717, 1.165) is 31.8 Å². The van der Waals surface area contributed by atoms with Gasteiger partial charge in [-0.25, -0.2) is 0 Å². The first kappa shape index (κ1) is 21.4. The lowest BCUT2D eigenvalue weighted by Gasteiger charge is -2.31. The van der Waals surface area contributed by atoms with Crippen molar-refractivity contribution in [3.8, 4) is 6.07 Å². The van der Waals surface area contributed by atoms with E-state index in [4.69, 9.17) is 0 Å². The van der Waals surface area contributed by atoms with Gasteiger partial charge in [0.25, 0.3) is 0 Å². The highest BCUT2D eigenvalue weighted by atomic mass is 35.5. The number of halogens is 1. The summed E-state index contributed by atoms with van der Waals surface area (Å²) in [5.74, 6) is 0.799. The van der Waals surface area contributed by atoms with Crippen LogP contribution in [0.5, 0.6) is 0 Å². The highest BCUT2D eigenvalue weighted by Crippen LogP contribution is 2.32. The molecule has 27 heavy (non-hydrogen) atoms. The predicted octanol–water partition coefficient (Wildman–Crippen LogP) is 4.41. The SMILES string of the molecule is Cl.N#CC1(c2ccccc2)CCNCC1.c1ccc(C2CCNCC2)cc1. The van der Waals surface area contributed by atoms with Crippen LogP contribution in [0.3, 0.4) is 0 Å². The third kappa shape index (κ3) is 5.81. The molecule has 2 saturated heterocycles. The van der Waals surface area contributed by atoms with Crippen LogP contribution in [0.4, 0.5) is 0 Å². The highest BCUT2D eigenvalue weighted by molar-refractivity contribution is 5.85. The van der Waals surface area contributed by atoms with Gasteiger partial charge in [-0.1, -0.05) is 60.7 Å². The Labute approximate surface area is 169 Å². The molecule has 0 atom stereocenters. The fourth-order valence-electron chi connectivity index (χ4n) is 3.96. The van der Waals surface area contributed by atoms with Crippen LogP contribution in [-0.4, -0.2) is 26.2 Å². The van der Waals surface area contributed by atoms with Gasteiger partial charge in [0.2, 0.25) is 0 Å². The quantitative estimate of drug-likeness (QED) is 0.807. The van der Waals surface area contributed by atoms with Crippen molar-refractivity contribution in [2.24, 2.45) is 0 Å². The number of rotatable bonds is 2. The minimum Gasteiger partial charge on any atom is -0.317 e. The lowest BCUT2D eigenvalue weighted by atomic mass is 9.74. The smallest absolute Gasteiger partial charge is 0.0846 e. The monoisotopic (exact) mass is 383 g/mol. The van der Waals surface area contributed by atoms with Crippen LogP contribution in [0.25, 0.3) is 0 Å². The Hall–Kier alpha value is -1.86. The molecule has 2 N–H and O–H groups in total. The zero-order chi connectivity index (χ0) is 18.1. The molecule has 0 aliphatic carbocycles. The largest absolute Gasteiger partial charge is 0.317 e. The van der Waals surface area contributed by atoms with Crippen molar-refractivity contribution < 1.29 is 0 Å². The van der Waals surface area contributed by atoms with E-state index in [1.165, 1.54) is 37.1 Å². The van der Waals surface area contributed by atoms with Crippen molar-refractivity contribution in [2.45, 2.75) is 37.0 Å². The Kier molecular flexibility index (Phi) is 8.81. The second-order valence-corrected chi connectivity index (χ2v) is 7.24. The molecule has 2 aromatic carbocycles. The van der Waals surface area contributed by atoms with Crippen LogP contribution >= 0.6 is 12.4 Å². The Morgan fingerprint density at radius 1 is 0.778 bits per heavy atom. The van der Waals surface area contributed by atoms with Crippen molar-refractivity contribution in [3.05, 3.63) is 71.8 Å². The molecule has 4 rings (SSSR count). The lowest BCUT2D eigenvalue weighted by molar-refractivity contribution is 0.382. The molecular weight excluding hydrogens is 354 g/mol. The maximum Gasteiger partial charge on any atom is 0.0846 e. The fraction of sp³-hybridized carbons (Fsp3) is 0.435. The number of hydrogen-bond donors (Lipinski definition) is 2. The van der Waals surface area contributed by atoms with Crippen molar-refractivity contribution in [1.82, 2.24) is 10.6 Å². The third-order valence-electron chi connectivity index (χ3n) is 5.61. The van der Waals surface area contributed by atoms with E-state index in [9.17, 15) is 5.26 Å². The number of piperidine rings is 2. The molecule has 0 unspecified atom stereocenters. The van der Waals surface area contributed by atoms with Crippen molar-refractivity contribution in [2.75, 3.05) is 26.2 Å². The topological polar surface area (TPSA) is 47.9 Å². The summed E-state index contributed by atoms with van der Waals surface area (Å²) in [6, 6.07) is 23.5.